The van der Waals surface area contributed by atoms with Gasteiger partial charge in [-0.2, -0.15) is 24.3 Å². The van der Waals surface area contributed by atoms with Crippen molar-refractivity contribution in [2.45, 2.75) is 18.3 Å². The summed E-state index contributed by atoms with van der Waals surface area (Å²) in [7, 11) is 0. The molecule has 0 atom stereocenters. The van der Waals surface area contributed by atoms with Crippen LogP contribution < -0.4 is 0 Å². The van der Waals surface area contributed by atoms with E-state index in [-0.39, 0.29) is 5.75 Å². The van der Waals surface area contributed by atoms with Crippen LogP contribution in [0.3, 0.4) is 0 Å². The molecule has 2 aromatic rings. The fourth-order valence-corrected chi connectivity index (χ4v) is 4.93. The number of thioether (sulfide) groups is 2. The molecule has 154 valence electrons. The maximum absolute atomic E-state index is 13.0. The summed E-state index contributed by atoms with van der Waals surface area (Å²) >= 11 is 2.29. The molecule has 0 amide bonds. The third-order valence-electron chi connectivity index (χ3n) is 4.32. The number of nitrogens with zero attached hydrogens (tertiary/aromatic N) is 3. The van der Waals surface area contributed by atoms with Crippen molar-refractivity contribution in [3.05, 3.63) is 83.7 Å². The molecule has 0 bridgehead atoms. The van der Waals surface area contributed by atoms with Gasteiger partial charge < -0.3 is 0 Å². The highest BCUT2D eigenvalue weighted by molar-refractivity contribution is 8.38. The molecule has 0 unspecified atom stereocenters. The van der Waals surface area contributed by atoms with Crippen molar-refractivity contribution >= 4 is 27.9 Å². The quantitative estimate of drug-likeness (QED) is 0.259. The molecule has 0 radical (unpaired) electrons. The Morgan fingerprint density at radius 2 is 1.40 bits per heavy atom. The molecule has 0 spiro atoms. The number of rotatable bonds is 8. The average molecular weight is 446 g/mol. The first-order valence-corrected chi connectivity index (χ1v) is 10.9. The molecular formula is C22H18F3N3S2. The zero-order valence-corrected chi connectivity index (χ0v) is 17.5. The van der Waals surface area contributed by atoms with Crippen LogP contribution in [-0.4, -0.2) is 15.9 Å². The van der Waals surface area contributed by atoms with Crippen LogP contribution in [0.15, 0.2) is 77.6 Å². The first kappa shape index (κ1) is 23.6. The molecule has 0 saturated heterocycles. The van der Waals surface area contributed by atoms with Crippen molar-refractivity contribution in [3.63, 3.8) is 0 Å². The molecule has 0 heterocycles. The van der Waals surface area contributed by atoms with Gasteiger partial charge in [0.1, 0.15) is 9.79 Å². The Hall–Kier alpha value is -2.68. The summed E-state index contributed by atoms with van der Waals surface area (Å²) in [6.07, 6.45) is -0.638. The van der Waals surface area contributed by atoms with Crippen LogP contribution in [0.2, 0.25) is 0 Å². The molecule has 30 heavy (non-hydrogen) atoms. The van der Waals surface area contributed by atoms with Crippen LogP contribution in [0.5, 0.6) is 0 Å². The van der Waals surface area contributed by atoms with E-state index in [2.05, 4.69) is 11.1 Å². The van der Waals surface area contributed by atoms with Gasteiger partial charge >= 0.3 is 6.08 Å². The van der Waals surface area contributed by atoms with E-state index in [1.165, 1.54) is 11.8 Å². The maximum Gasteiger partial charge on any atom is 0.301 e. The largest absolute Gasteiger partial charge is 0.301 e. The lowest BCUT2D eigenvalue weighted by molar-refractivity contribution is 0.373. The Morgan fingerprint density at radius 3 is 1.87 bits per heavy atom. The number of benzene rings is 2. The predicted octanol–water partition coefficient (Wildman–Crippen LogP) is 6.66. The third-order valence-corrected chi connectivity index (χ3v) is 6.52. The van der Waals surface area contributed by atoms with Crippen molar-refractivity contribution in [2.24, 2.45) is 4.99 Å². The number of hydrogen-bond donors (Lipinski definition) is 0. The lowest BCUT2D eigenvalue weighted by atomic mass is 9.74. The number of hydrogen-bond acceptors (Lipinski definition) is 5. The number of halogens is 3. The third kappa shape index (κ3) is 6.41. The van der Waals surface area contributed by atoms with Crippen LogP contribution in [0.1, 0.15) is 24.0 Å². The van der Waals surface area contributed by atoms with Gasteiger partial charge in [0.05, 0.1) is 6.07 Å². The Morgan fingerprint density at radius 1 is 0.867 bits per heavy atom. The molecule has 0 saturated carbocycles. The van der Waals surface area contributed by atoms with Gasteiger partial charge in [-0.05, 0) is 17.5 Å². The van der Waals surface area contributed by atoms with Crippen molar-refractivity contribution < 1.29 is 13.2 Å². The second kappa shape index (κ2) is 12.1. The maximum atomic E-state index is 13.0. The van der Waals surface area contributed by atoms with Crippen LogP contribution in [0, 0.1) is 22.8 Å². The van der Waals surface area contributed by atoms with Gasteiger partial charge in [0, 0.05) is 17.9 Å². The molecule has 0 aliphatic heterocycles. The fraction of sp³-hybridized carbons (Fsp3) is 0.227. The first-order chi connectivity index (χ1) is 14.5. The summed E-state index contributed by atoms with van der Waals surface area (Å²) in [6, 6.07) is 21.3. The van der Waals surface area contributed by atoms with E-state index in [1.54, 1.807) is 6.19 Å². The highest BCUT2D eigenvalue weighted by Crippen LogP contribution is 2.37. The second-order valence-corrected chi connectivity index (χ2v) is 8.51. The Balaban J connectivity index is 2.14. The van der Waals surface area contributed by atoms with Crippen molar-refractivity contribution in [1.82, 2.24) is 0 Å². The van der Waals surface area contributed by atoms with Crippen LogP contribution >= 0.6 is 23.5 Å². The van der Waals surface area contributed by atoms with Crippen LogP contribution in [0.25, 0.3) is 0 Å². The van der Waals surface area contributed by atoms with Crippen LogP contribution in [-0.2, 0) is 5.41 Å². The van der Waals surface area contributed by atoms with Gasteiger partial charge in [0.15, 0.2) is 5.83 Å². The molecule has 3 nitrogen and oxygen atoms in total. The smallest absolute Gasteiger partial charge is 0.206 e. The minimum atomic E-state index is -2.33. The van der Waals surface area contributed by atoms with E-state index in [0.29, 0.717) is 16.5 Å². The Labute approximate surface area is 182 Å². The first-order valence-electron chi connectivity index (χ1n) is 8.98. The van der Waals surface area contributed by atoms with Gasteiger partial charge in [-0.3, -0.25) is 0 Å². The highest BCUT2D eigenvalue weighted by Gasteiger charge is 2.34. The van der Waals surface area contributed by atoms with E-state index in [9.17, 15) is 18.4 Å². The standard InChI is InChI=1S/C22H18F3N3S2/c23-19(20(24)25)11-13-29-21(28-16-27)30-14-12-22(15-26,17-7-3-1-4-8-17)18-9-5-2-6-10-18/h1-10H,11-14H2. The average Bonchev–Trinajstić information content (AvgIpc) is 2.78. The van der Waals surface area contributed by atoms with Gasteiger partial charge in [0.2, 0.25) is 6.19 Å². The van der Waals surface area contributed by atoms with E-state index in [1.807, 2.05) is 60.7 Å². The summed E-state index contributed by atoms with van der Waals surface area (Å²) in [5, 5.41) is 19.0. The summed E-state index contributed by atoms with van der Waals surface area (Å²) in [4.78, 5) is 3.70. The van der Waals surface area contributed by atoms with Gasteiger partial charge in [-0.15, -0.1) is 0 Å². The van der Waals surface area contributed by atoms with E-state index >= 15 is 0 Å². The topological polar surface area (TPSA) is 59.9 Å². The summed E-state index contributed by atoms with van der Waals surface area (Å²) in [6.45, 7) is 0. The van der Waals surface area contributed by atoms with Gasteiger partial charge in [-0.25, -0.2) is 4.39 Å². The lowest BCUT2D eigenvalue weighted by Gasteiger charge is -2.28. The van der Waals surface area contributed by atoms with Crippen molar-refractivity contribution in [2.75, 3.05) is 11.5 Å². The minimum absolute atomic E-state index is 0.0391. The molecule has 8 heteroatoms. The molecule has 0 N–H and O–H groups in total. The summed E-state index contributed by atoms with van der Waals surface area (Å²) in [5.74, 6) is -0.960. The monoisotopic (exact) mass is 445 g/mol. The molecule has 0 fully saturated rings. The molecule has 2 aromatic carbocycles. The number of aliphatic imine (C=N–C) groups is 1. The number of allylic oxidation sites excluding steroid dienone is 1. The van der Waals surface area contributed by atoms with Crippen LogP contribution in [0.4, 0.5) is 13.2 Å². The van der Waals surface area contributed by atoms with E-state index in [0.717, 1.165) is 22.9 Å². The van der Waals surface area contributed by atoms with Crippen molar-refractivity contribution in [1.29, 1.82) is 10.5 Å². The number of nitriles is 2. The molecule has 0 aromatic heterocycles. The predicted molar refractivity (Wildman–Crippen MR) is 117 cm³/mol. The fourth-order valence-electron chi connectivity index (χ4n) is 2.85. The summed E-state index contributed by atoms with van der Waals surface area (Å²) < 4.78 is 37.7. The zero-order chi connectivity index (χ0) is 21.8. The van der Waals surface area contributed by atoms with E-state index in [4.69, 9.17) is 5.26 Å². The minimum Gasteiger partial charge on any atom is -0.206 e. The zero-order valence-electron chi connectivity index (χ0n) is 15.9. The van der Waals surface area contributed by atoms with E-state index < -0.39 is 23.7 Å². The second-order valence-electron chi connectivity index (χ2n) is 6.09. The SMILES string of the molecule is N#CN=C(SCCC(F)=C(F)F)SCCC(C#N)(c1ccccc1)c1ccccc1. The molecule has 0 aliphatic carbocycles. The normalized spacial score (nSPS) is 11.4. The molecule has 2 rings (SSSR count). The Kier molecular flexibility index (Phi) is 9.53. The summed E-state index contributed by atoms with van der Waals surface area (Å²) in [5.41, 5.74) is 0.831. The Bertz CT molecular complexity index is 921. The molecular weight excluding hydrogens is 427 g/mol. The lowest BCUT2D eigenvalue weighted by Crippen LogP contribution is -2.26. The highest BCUT2D eigenvalue weighted by atomic mass is 32.2. The molecule has 0 aliphatic rings. The van der Waals surface area contributed by atoms with Gasteiger partial charge in [0.25, 0.3) is 0 Å². The van der Waals surface area contributed by atoms with Crippen molar-refractivity contribution in [3.8, 4) is 12.3 Å². The van der Waals surface area contributed by atoms with Gasteiger partial charge in [-0.1, -0.05) is 84.2 Å².